The third-order valence-electron chi connectivity index (χ3n) is 1.89. The van der Waals surface area contributed by atoms with Gasteiger partial charge in [-0.05, 0) is 19.1 Å². The van der Waals surface area contributed by atoms with Crippen LogP contribution < -0.4 is 5.43 Å². The normalized spacial score (nSPS) is 10.8. The van der Waals surface area contributed by atoms with Gasteiger partial charge >= 0.3 is 0 Å². The average molecular weight is 291 g/mol. The number of ether oxygens (including phenoxy) is 1. The number of rotatable bonds is 5. The van der Waals surface area contributed by atoms with Crippen LogP contribution in [0.25, 0.3) is 0 Å². The van der Waals surface area contributed by atoms with Gasteiger partial charge in [0.05, 0.1) is 11.2 Å². The third kappa shape index (κ3) is 4.52. The van der Waals surface area contributed by atoms with Crippen LogP contribution in [0.15, 0.2) is 17.2 Å². The molecule has 7 heteroatoms. The summed E-state index contributed by atoms with van der Waals surface area (Å²) in [5, 5.41) is 13.7. The molecule has 1 aromatic carbocycles. The molecule has 1 amide bonds. The van der Waals surface area contributed by atoms with E-state index in [-0.39, 0.29) is 23.3 Å². The van der Waals surface area contributed by atoms with E-state index in [4.69, 9.17) is 27.9 Å². The van der Waals surface area contributed by atoms with E-state index < -0.39 is 0 Å². The minimum atomic E-state index is -0.388. The van der Waals surface area contributed by atoms with E-state index >= 15 is 0 Å². The van der Waals surface area contributed by atoms with E-state index in [1.807, 2.05) is 0 Å². The Hall–Kier alpha value is -1.30. The maximum Gasteiger partial charge on any atom is 0.266 e. The highest BCUT2D eigenvalue weighted by Gasteiger charge is 2.06. The van der Waals surface area contributed by atoms with Crippen molar-refractivity contribution in [1.29, 1.82) is 0 Å². The van der Waals surface area contributed by atoms with Gasteiger partial charge in [0.15, 0.2) is 0 Å². The van der Waals surface area contributed by atoms with Gasteiger partial charge < -0.3 is 9.84 Å². The molecule has 0 atom stereocenters. The van der Waals surface area contributed by atoms with Crippen molar-refractivity contribution in [3.63, 3.8) is 0 Å². The number of phenolic OH excluding ortho intramolecular Hbond substituents is 1. The fraction of sp³-hybridized carbons (Fsp3) is 0.273. The number of carbonyl (C=O) groups excluding carboxylic acids is 1. The smallest absolute Gasteiger partial charge is 0.266 e. The Labute approximate surface area is 114 Å². The Balaban J connectivity index is 2.65. The van der Waals surface area contributed by atoms with Crippen LogP contribution in [0.1, 0.15) is 12.5 Å². The Morgan fingerprint density at radius 1 is 1.56 bits per heavy atom. The molecule has 2 N–H and O–H groups in total. The second-order valence-corrected chi connectivity index (χ2v) is 4.10. The largest absolute Gasteiger partial charge is 0.506 e. The molecule has 0 radical (unpaired) electrons. The zero-order chi connectivity index (χ0) is 13.5. The van der Waals surface area contributed by atoms with Crippen LogP contribution >= 0.6 is 23.2 Å². The maximum absolute atomic E-state index is 11.1. The molecule has 0 aliphatic heterocycles. The number of nitrogens with zero attached hydrogens (tertiary/aromatic N) is 1. The zero-order valence-electron chi connectivity index (χ0n) is 9.61. The van der Waals surface area contributed by atoms with E-state index in [0.717, 1.165) is 0 Å². The van der Waals surface area contributed by atoms with Gasteiger partial charge in [-0.3, -0.25) is 4.79 Å². The summed E-state index contributed by atoms with van der Waals surface area (Å²) in [5.41, 5.74) is 2.55. The highest BCUT2D eigenvalue weighted by Crippen LogP contribution is 2.29. The molecule has 0 aliphatic rings. The van der Waals surface area contributed by atoms with Crippen LogP contribution in [-0.2, 0) is 9.53 Å². The summed E-state index contributed by atoms with van der Waals surface area (Å²) in [6.45, 7) is 2.15. The maximum atomic E-state index is 11.1. The van der Waals surface area contributed by atoms with E-state index in [2.05, 4.69) is 10.5 Å². The standard InChI is InChI=1S/C11H12Cl2N2O3/c1-2-18-6-10(16)15-14-5-7-3-8(12)4-9(13)11(7)17/h3-5,17H,2,6H2,1H3,(H,15,16)/b14-5+. The van der Waals surface area contributed by atoms with Crippen LogP contribution in [0.3, 0.4) is 0 Å². The van der Waals surface area contributed by atoms with Crippen LogP contribution in [0.5, 0.6) is 5.75 Å². The molecule has 0 saturated heterocycles. The number of hydrogen-bond acceptors (Lipinski definition) is 4. The average Bonchev–Trinajstić information content (AvgIpc) is 2.32. The van der Waals surface area contributed by atoms with Gasteiger partial charge in [0.1, 0.15) is 12.4 Å². The summed E-state index contributed by atoms with van der Waals surface area (Å²) < 4.78 is 4.88. The molecule has 1 aromatic rings. The number of benzene rings is 1. The number of amides is 1. The minimum absolute atomic E-state index is 0.0733. The van der Waals surface area contributed by atoms with E-state index in [1.165, 1.54) is 18.3 Å². The van der Waals surface area contributed by atoms with Gasteiger partial charge in [0.25, 0.3) is 5.91 Å². The molecular formula is C11H12Cl2N2O3. The predicted molar refractivity (Wildman–Crippen MR) is 70.4 cm³/mol. The van der Waals surface area contributed by atoms with Gasteiger partial charge in [-0.25, -0.2) is 5.43 Å². The first kappa shape index (κ1) is 14.8. The molecule has 5 nitrogen and oxygen atoms in total. The fourth-order valence-electron chi connectivity index (χ4n) is 1.09. The molecule has 0 aromatic heterocycles. The number of carbonyl (C=O) groups is 1. The Bertz CT molecular complexity index is 464. The van der Waals surface area contributed by atoms with Gasteiger partial charge in [-0.2, -0.15) is 5.10 Å². The molecule has 0 aliphatic carbocycles. The lowest BCUT2D eigenvalue weighted by Crippen LogP contribution is -2.22. The Kier molecular flexibility index (Phi) is 5.91. The first-order valence-corrected chi connectivity index (χ1v) is 5.87. The summed E-state index contributed by atoms with van der Waals surface area (Å²) >= 11 is 11.5. The molecule has 98 valence electrons. The minimum Gasteiger partial charge on any atom is -0.506 e. The van der Waals surface area contributed by atoms with Crippen molar-refractivity contribution in [1.82, 2.24) is 5.43 Å². The van der Waals surface area contributed by atoms with E-state index in [0.29, 0.717) is 17.2 Å². The highest BCUT2D eigenvalue weighted by atomic mass is 35.5. The van der Waals surface area contributed by atoms with E-state index in [1.54, 1.807) is 6.92 Å². The number of halogens is 2. The molecule has 0 unspecified atom stereocenters. The number of nitrogens with one attached hydrogen (secondary N) is 1. The lowest BCUT2D eigenvalue weighted by molar-refractivity contribution is -0.125. The molecular weight excluding hydrogens is 279 g/mol. The molecule has 0 heterocycles. The Morgan fingerprint density at radius 2 is 2.28 bits per heavy atom. The molecule has 0 bridgehead atoms. The highest BCUT2D eigenvalue weighted by molar-refractivity contribution is 6.36. The predicted octanol–water partition coefficient (Wildman–Crippen LogP) is 2.19. The molecule has 0 fully saturated rings. The summed E-state index contributed by atoms with van der Waals surface area (Å²) in [6, 6.07) is 2.88. The third-order valence-corrected chi connectivity index (χ3v) is 2.39. The van der Waals surface area contributed by atoms with Crippen molar-refractivity contribution >= 4 is 35.3 Å². The molecule has 0 saturated carbocycles. The second-order valence-electron chi connectivity index (χ2n) is 3.26. The van der Waals surface area contributed by atoms with Crippen molar-refractivity contribution in [2.75, 3.05) is 13.2 Å². The SMILES string of the molecule is CCOCC(=O)N/N=C/c1cc(Cl)cc(Cl)c1O. The van der Waals surface area contributed by atoms with Crippen LogP contribution in [-0.4, -0.2) is 30.4 Å². The van der Waals surface area contributed by atoms with Gasteiger partial charge in [-0.1, -0.05) is 23.2 Å². The lowest BCUT2D eigenvalue weighted by Gasteiger charge is -2.02. The molecule has 0 spiro atoms. The van der Waals surface area contributed by atoms with Crippen molar-refractivity contribution in [2.45, 2.75) is 6.92 Å². The van der Waals surface area contributed by atoms with Crippen LogP contribution in [0.2, 0.25) is 10.0 Å². The van der Waals surface area contributed by atoms with Crippen molar-refractivity contribution in [3.05, 3.63) is 27.7 Å². The van der Waals surface area contributed by atoms with Crippen LogP contribution in [0, 0.1) is 0 Å². The quantitative estimate of drug-likeness (QED) is 0.645. The number of hydrogen-bond donors (Lipinski definition) is 2. The van der Waals surface area contributed by atoms with Crippen molar-refractivity contribution < 1.29 is 14.6 Å². The number of phenols is 1. The first-order valence-electron chi connectivity index (χ1n) is 5.12. The van der Waals surface area contributed by atoms with Gasteiger partial charge in [-0.15, -0.1) is 0 Å². The Morgan fingerprint density at radius 3 is 2.94 bits per heavy atom. The molecule has 1 rings (SSSR count). The first-order chi connectivity index (χ1) is 8.54. The van der Waals surface area contributed by atoms with Gasteiger partial charge in [0, 0.05) is 17.2 Å². The summed E-state index contributed by atoms with van der Waals surface area (Å²) in [6.07, 6.45) is 1.25. The van der Waals surface area contributed by atoms with Crippen molar-refractivity contribution in [2.24, 2.45) is 5.10 Å². The monoisotopic (exact) mass is 290 g/mol. The van der Waals surface area contributed by atoms with Gasteiger partial charge in [0.2, 0.25) is 0 Å². The molecule has 18 heavy (non-hydrogen) atoms. The summed E-state index contributed by atoms with van der Waals surface area (Å²) in [5.74, 6) is -0.537. The fourth-order valence-corrected chi connectivity index (χ4v) is 1.59. The summed E-state index contributed by atoms with van der Waals surface area (Å²) in [4.78, 5) is 11.1. The van der Waals surface area contributed by atoms with Crippen LogP contribution in [0.4, 0.5) is 0 Å². The van der Waals surface area contributed by atoms with E-state index in [9.17, 15) is 9.90 Å². The second kappa shape index (κ2) is 7.20. The topological polar surface area (TPSA) is 70.9 Å². The number of hydrazone groups is 1. The lowest BCUT2D eigenvalue weighted by atomic mass is 10.2. The zero-order valence-corrected chi connectivity index (χ0v) is 11.1. The summed E-state index contributed by atoms with van der Waals surface area (Å²) in [7, 11) is 0. The number of aromatic hydroxyl groups is 1. The van der Waals surface area contributed by atoms with Crippen molar-refractivity contribution in [3.8, 4) is 5.75 Å².